The summed E-state index contributed by atoms with van der Waals surface area (Å²) in [7, 11) is 0. The van der Waals surface area contributed by atoms with Gasteiger partial charge in [0.15, 0.2) is 0 Å². The number of benzene rings is 2. The van der Waals surface area contributed by atoms with Crippen molar-refractivity contribution < 1.29 is 0 Å². The van der Waals surface area contributed by atoms with Crippen LogP contribution in [-0.4, -0.2) is 11.3 Å². The van der Waals surface area contributed by atoms with Crippen LogP contribution in [0.3, 0.4) is 0 Å². The standard InChI is InChI=1S/C18H16N2/c1-14-16-10-6-7-11-18(16)20(17(14)12-13-19-2)15-8-4-3-5-9-15/h3-13H,2H2,1H3/b13-12-. The molecule has 0 bridgehead atoms. The van der Waals surface area contributed by atoms with Gasteiger partial charge in [0.25, 0.3) is 0 Å². The van der Waals surface area contributed by atoms with E-state index in [4.69, 9.17) is 0 Å². The van der Waals surface area contributed by atoms with E-state index in [2.05, 4.69) is 71.7 Å². The third-order valence-corrected chi connectivity index (χ3v) is 3.53. The Morgan fingerprint density at radius 3 is 2.45 bits per heavy atom. The number of para-hydroxylation sites is 2. The van der Waals surface area contributed by atoms with E-state index in [9.17, 15) is 0 Å². The maximum Gasteiger partial charge on any atom is 0.0537 e. The fraction of sp³-hybridized carbons (Fsp3) is 0.0556. The van der Waals surface area contributed by atoms with Crippen LogP contribution in [0.2, 0.25) is 0 Å². The predicted molar refractivity (Wildman–Crippen MR) is 86.6 cm³/mol. The first-order valence-corrected chi connectivity index (χ1v) is 6.61. The number of rotatable bonds is 3. The minimum absolute atomic E-state index is 1.14. The molecule has 0 spiro atoms. The summed E-state index contributed by atoms with van der Waals surface area (Å²) < 4.78 is 2.26. The molecule has 20 heavy (non-hydrogen) atoms. The average Bonchev–Trinajstić information content (AvgIpc) is 2.79. The molecular formula is C18H16N2. The van der Waals surface area contributed by atoms with Crippen molar-refractivity contribution in [2.24, 2.45) is 4.99 Å². The van der Waals surface area contributed by atoms with Gasteiger partial charge in [-0.05, 0) is 43.5 Å². The van der Waals surface area contributed by atoms with Gasteiger partial charge in [0, 0.05) is 17.3 Å². The van der Waals surface area contributed by atoms with Gasteiger partial charge in [-0.2, -0.15) is 0 Å². The molecule has 0 fully saturated rings. The fourth-order valence-corrected chi connectivity index (χ4v) is 2.60. The number of nitrogens with zero attached hydrogens (tertiary/aromatic N) is 2. The Kier molecular flexibility index (Phi) is 3.21. The molecule has 2 aromatic carbocycles. The Morgan fingerprint density at radius 2 is 1.70 bits per heavy atom. The molecular weight excluding hydrogens is 244 g/mol. The number of fused-ring (bicyclic) bond motifs is 1. The Morgan fingerprint density at radius 1 is 1.00 bits per heavy atom. The smallest absolute Gasteiger partial charge is 0.0537 e. The highest BCUT2D eigenvalue weighted by atomic mass is 15.0. The van der Waals surface area contributed by atoms with Crippen LogP contribution in [0.5, 0.6) is 0 Å². The van der Waals surface area contributed by atoms with E-state index in [1.54, 1.807) is 6.20 Å². The molecule has 98 valence electrons. The number of hydrogen-bond acceptors (Lipinski definition) is 1. The van der Waals surface area contributed by atoms with E-state index in [1.165, 1.54) is 16.5 Å². The first-order chi connectivity index (χ1) is 9.83. The molecule has 0 aliphatic rings. The van der Waals surface area contributed by atoms with Gasteiger partial charge in [-0.3, -0.25) is 4.99 Å². The summed E-state index contributed by atoms with van der Waals surface area (Å²) >= 11 is 0. The first kappa shape index (κ1) is 12.4. The summed E-state index contributed by atoms with van der Waals surface area (Å²) in [6.45, 7) is 5.66. The molecule has 1 aromatic heterocycles. The lowest BCUT2D eigenvalue weighted by atomic mass is 10.1. The van der Waals surface area contributed by atoms with E-state index in [0.717, 1.165) is 11.4 Å². The molecule has 3 aromatic rings. The van der Waals surface area contributed by atoms with Gasteiger partial charge in [0.05, 0.1) is 11.2 Å². The molecule has 0 radical (unpaired) electrons. The second-order valence-electron chi connectivity index (χ2n) is 4.70. The van der Waals surface area contributed by atoms with E-state index in [0.29, 0.717) is 0 Å². The molecule has 0 aliphatic carbocycles. The maximum atomic E-state index is 3.83. The van der Waals surface area contributed by atoms with Gasteiger partial charge in [0.2, 0.25) is 0 Å². The lowest BCUT2D eigenvalue weighted by molar-refractivity contribution is 1.10. The van der Waals surface area contributed by atoms with Gasteiger partial charge in [0.1, 0.15) is 0 Å². The van der Waals surface area contributed by atoms with Crippen LogP contribution in [0.1, 0.15) is 11.3 Å². The summed E-state index contributed by atoms with van der Waals surface area (Å²) in [6.07, 6.45) is 3.75. The van der Waals surface area contributed by atoms with Gasteiger partial charge in [-0.25, -0.2) is 0 Å². The van der Waals surface area contributed by atoms with E-state index < -0.39 is 0 Å². The lowest BCUT2D eigenvalue weighted by Crippen LogP contribution is -1.96. The molecule has 0 aliphatic heterocycles. The molecule has 2 heteroatoms. The van der Waals surface area contributed by atoms with Gasteiger partial charge < -0.3 is 4.57 Å². The van der Waals surface area contributed by atoms with Gasteiger partial charge in [-0.15, -0.1) is 0 Å². The topological polar surface area (TPSA) is 17.3 Å². The molecule has 0 unspecified atom stereocenters. The number of aliphatic imine (C=N–C) groups is 1. The highest BCUT2D eigenvalue weighted by Gasteiger charge is 2.12. The Balaban J connectivity index is 2.38. The first-order valence-electron chi connectivity index (χ1n) is 6.61. The van der Waals surface area contributed by atoms with Crippen molar-refractivity contribution in [3.05, 3.63) is 72.1 Å². The number of aryl methyl sites for hydroxylation is 1. The molecule has 2 nitrogen and oxygen atoms in total. The molecule has 0 saturated heterocycles. The van der Waals surface area contributed by atoms with E-state index >= 15 is 0 Å². The average molecular weight is 260 g/mol. The number of aromatic nitrogens is 1. The quantitative estimate of drug-likeness (QED) is 0.612. The second kappa shape index (κ2) is 5.17. The van der Waals surface area contributed by atoms with Crippen molar-refractivity contribution in [3.8, 4) is 5.69 Å². The summed E-state index contributed by atoms with van der Waals surface area (Å²) in [4.78, 5) is 3.83. The normalized spacial score (nSPS) is 11.2. The molecule has 1 heterocycles. The van der Waals surface area contributed by atoms with E-state index in [-0.39, 0.29) is 0 Å². The maximum absolute atomic E-state index is 3.83. The SMILES string of the molecule is C=N/C=C\c1c(C)c2ccccc2n1-c1ccccc1. The summed E-state index contributed by atoms with van der Waals surface area (Å²) in [5.74, 6) is 0. The Bertz CT molecular complexity index is 780. The largest absolute Gasteiger partial charge is 0.310 e. The minimum atomic E-state index is 1.14. The van der Waals surface area contributed by atoms with Crippen molar-refractivity contribution in [2.45, 2.75) is 6.92 Å². The van der Waals surface area contributed by atoms with Crippen molar-refractivity contribution in [1.82, 2.24) is 4.57 Å². The van der Waals surface area contributed by atoms with Crippen molar-refractivity contribution in [2.75, 3.05) is 0 Å². The highest BCUT2D eigenvalue weighted by Crippen LogP contribution is 2.29. The van der Waals surface area contributed by atoms with Crippen molar-refractivity contribution in [3.63, 3.8) is 0 Å². The van der Waals surface area contributed by atoms with Crippen LogP contribution >= 0.6 is 0 Å². The number of hydrogen-bond donors (Lipinski definition) is 0. The van der Waals surface area contributed by atoms with E-state index in [1.807, 2.05) is 12.1 Å². The lowest BCUT2D eigenvalue weighted by Gasteiger charge is -2.08. The summed E-state index contributed by atoms with van der Waals surface area (Å²) in [5, 5.41) is 1.26. The zero-order chi connectivity index (χ0) is 13.9. The summed E-state index contributed by atoms with van der Waals surface area (Å²) in [5.41, 5.74) is 4.76. The Hall–Kier alpha value is -2.61. The Labute approximate surface area is 118 Å². The predicted octanol–water partition coefficient (Wildman–Crippen LogP) is 4.61. The monoisotopic (exact) mass is 260 g/mol. The fourth-order valence-electron chi connectivity index (χ4n) is 2.60. The van der Waals surface area contributed by atoms with Crippen LogP contribution in [0.15, 0.2) is 65.8 Å². The highest BCUT2D eigenvalue weighted by molar-refractivity contribution is 5.89. The molecule has 0 saturated carbocycles. The zero-order valence-electron chi connectivity index (χ0n) is 11.5. The van der Waals surface area contributed by atoms with Crippen molar-refractivity contribution >= 4 is 23.7 Å². The third kappa shape index (κ3) is 1.95. The van der Waals surface area contributed by atoms with Crippen LogP contribution in [0, 0.1) is 6.92 Å². The molecule has 0 N–H and O–H groups in total. The minimum Gasteiger partial charge on any atom is -0.310 e. The van der Waals surface area contributed by atoms with Crippen molar-refractivity contribution in [1.29, 1.82) is 0 Å². The molecule has 3 rings (SSSR count). The van der Waals surface area contributed by atoms with Crippen LogP contribution in [0.25, 0.3) is 22.7 Å². The van der Waals surface area contributed by atoms with Gasteiger partial charge >= 0.3 is 0 Å². The second-order valence-corrected chi connectivity index (χ2v) is 4.70. The van der Waals surface area contributed by atoms with Crippen LogP contribution in [0.4, 0.5) is 0 Å². The molecule has 0 amide bonds. The van der Waals surface area contributed by atoms with Crippen LogP contribution < -0.4 is 0 Å². The molecule has 0 atom stereocenters. The van der Waals surface area contributed by atoms with Crippen LogP contribution in [-0.2, 0) is 0 Å². The third-order valence-electron chi connectivity index (χ3n) is 3.53. The zero-order valence-corrected chi connectivity index (χ0v) is 11.5. The summed E-state index contributed by atoms with van der Waals surface area (Å²) in [6, 6.07) is 18.8. The van der Waals surface area contributed by atoms with Gasteiger partial charge in [-0.1, -0.05) is 36.4 Å².